The average Bonchev–Trinajstić information content (AvgIpc) is 2.72. The highest BCUT2D eigenvalue weighted by molar-refractivity contribution is 4.99. The normalized spacial score (nSPS) is 36.2. The smallest absolute Gasteiger partial charge is 0.0672 e. The predicted molar refractivity (Wildman–Crippen MR) is 81.2 cm³/mol. The first-order chi connectivity index (χ1) is 9.80. The largest absolute Gasteiger partial charge is 0.395 e. The van der Waals surface area contributed by atoms with E-state index in [1.54, 1.807) is 0 Å². The molecule has 0 radical (unpaired) electrons. The Morgan fingerprint density at radius 3 is 2.75 bits per heavy atom. The zero-order valence-corrected chi connectivity index (χ0v) is 12.9. The van der Waals surface area contributed by atoms with E-state index in [9.17, 15) is 10.4 Å². The number of hydrogen-bond donors (Lipinski definition) is 1. The molecule has 2 rings (SSSR count). The van der Waals surface area contributed by atoms with E-state index in [4.69, 9.17) is 0 Å². The molecule has 0 bridgehead atoms. The summed E-state index contributed by atoms with van der Waals surface area (Å²) in [6.07, 6.45) is 10.8. The Morgan fingerprint density at radius 2 is 2.05 bits per heavy atom. The van der Waals surface area contributed by atoms with E-state index in [2.05, 4.69) is 17.9 Å². The summed E-state index contributed by atoms with van der Waals surface area (Å²) >= 11 is 0. The van der Waals surface area contributed by atoms with Crippen LogP contribution in [0.25, 0.3) is 0 Å². The van der Waals surface area contributed by atoms with Crippen molar-refractivity contribution in [3.8, 4) is 6.07 Å². The van der Waals surface area contributed by atoms with Gasteiger partial charge in [-0.25, -0.2) is 0 Å². The topological polar surface area (TPSA) is 47.3 Å². The van der Waals surface area contributed by atoms with Crippen molar-refractivity contribution in [2.24, 2.45) is 11.8 Å². The molecule has 0 aromatic rings. The maximum absolute atomic E-state index is 9.72. The predicted octanol–water partition coefficient (Wildman–Crippen LogP) is 3.33. The molecule has 2 fully saturated rings. The van der Waals surface area contributed by atoms with Gasteiger partial charge in [-0.2, -0.15) is 5.26 Å². The highest BCUT2D eigenvalue weighted by atomic mass is 16.3. The van der Waals surface area contributed by atoms with Gasteiger partial charge in [-0.1, -0.05) is 32.6 Å². The lowest BCUT2D eigenvalue weighted by Crippen LogP contribution is -2.50. The minimum Gasteiger partial charge on any atom is -0.395 e. The summed E-state index contributed by atoms with van der Waals surface area (Å²) in [4.78, 5) is 2.50. The number of rotatable bonds is 4. The summed E-state index contributed by atoms with van der Waals surface area (Å²) in [7, 11) is 0. The number of aliphatic hydroxyl groups excluding tert-OH is 1. The molecule has 0 amide bonds. The molecule has 3 nitrogen and oxygen atoms in total. The fourth-order valence-corrected chi connectivity index (χ4v) is 4.25. The van der Waals surface area contributed by atoms with Crippen LogP contribution in [0.5, 0.6) is 0 Å². The van der Waals surface area contributed by atoms with Crippen molar-refractivity contribution in [1.82, 2.24) is 4.90 Å². The standard InChI is InChI=1S/C17H30N2O/c1-2-6-14-8-9-15(12-18)17(11-14)19-10-5-3-4-7-16(19)13-20/h14-17,20H,2-11,13H2,1H3. The van der Waals surface area contributed by atoms with Gasteiger partial charge in [0.05, 0.1) is 18.6 Å². The number of likely N-dealkylation sites (tertiary alicyclic amines) is 1. The second kappa shape index (κ2) is 8.00. The monoisotopic (exact) mass is 278 g/mol. The zero-order valence-electron chi connectivity index (χ0n) is 12.9. The molecule has 1 saturated carbocycles. The zero-order chi connectivity index (χ0) is 14.4. The van der Waals surface area contributed by atoms with Crippen LogP contribution >= 0.6 is 0 Å². The van der Waals surface area contributed by atoms with Crippen LogP contribution in [0.15, 0.2) is 0 Å². The minimum atomic E-state index is 0.176. The Balaban J connectivity index is 2.09. The van der Waals surface area contributed by atoms with Crippen LogP contribution in [0.2, 0.25) is 0 Å². The quantitative estimate of drug-likeness (QED) is 0.858. The lowest BCUT2D eigenvalue weighted by Gasteiger charge is -2.43. The number of nitriles is 1. The molecule has 0 spiro atoms. The van der Waals surface area contributed by atoms with Gasteiger partial charge in [0.25, 0.3) is 0 Å². The average molecular weight is 278 g/mol. The summed E-state index contributed by atoms with van der Waals surface area (Å²) in [5.41, 5.74) is 0. The van der Waals surface area contributed by atoms with E-state index < -0.39 is 0 Å². The van der Waals surface area contributed by atoms with Crippen LogP contribution in [-0.4, -0.2) is 35.2 Å². The molecule has 3 heteroatoms. The number of nitrogens with zero attached hydrogens (tertiary/aromatic N) is 2. The van der Waals surface area contributed by atoms with Crippen LogP contribution in [-0.2, 0) is 0 Å². The van der Waals surface area contributed by atoms with Crippen molar-refractivity contribution in [3.05, 3.63) is 0 Å². The second-order valence-corrected chi connectivity index (χ2v) is 6.69. The van der Waals surface area contributed by atoms with Gasteiger partial charge in [-0.3, -0.25) is 4.90 Å². The maximum atomic E-state index is 9.72. The highest BCUT2D eigenvalue weighted by Gasteiger charge is 2.37. The van der Waals surface area contributed by atoms with Crippen LogP contribution in [0.1, 0.15) is 64.7 Å². The summed E-state index contributed by atoms with van der Waals surface area (Å²) in [5.74, 6) is 0.965. The van der Waals surface area contributed by atoms with Crippen molar-refractivity contribution in [2.75, 3.05) is 13.2 Å². The Kier molecular flexibility index (Phi) is 6.32. The Labute approximate surface area is 124 Å². The van der Waals surface area contributed by atoms with E-state index in [0.717, 1.165) is 25.3 Å². The lowest BCUT2D eigenvalue weighted by molar-refractivity contribution is 0.0358. The number of aliphatic hydroxyl groups is 1. The molecule has 4 atom stereocenters. The van der Waals surface area contributed by atoms with Crippen molar-refractivity contribution < 1.29 is 5.11 Å². The molecule has 0 aromatic carbocycles. The first-order valence-electron chi connectivity index (χ1n) is 8.56. The van der Waals surface area contributed by atoms with Gasteiger partial charge in [0.1, 0.15) is 0 Å². The van der Waals surface area contributed by atoms with E-state index in [1.807, 2.05) is 0 Å². The molecule has 0 aromatic heterocycles. The minimum absolute atomic E-state index is 0.176. The van der Waals surface area contributed by atoms with Gasteiger partial charge >= 0.3 is 0 Å². The van der Waals surface area contributed by atoms with Crippen molar-refractivity contribution in [1.29, 1.82) is 5.26 Å². The summed E-state index contributed by atoms with van der Waals surface area (Å²) in [6, 6.07) is 3.24. The molecule has 1 heterocycles. The summed E-state index contributed by atoms with van der Waals surface area (Å²) < 4.78 is 0. The van der Waals surface area contributed by atoms with E-state index >= 15 is 0 Å². The molecule has 1 aliphatic heterocycles. The summed E-state index contributed by atoms with van der Waals surface area (Å²) in [5, 5.41) is 19.2. The van der Waals surface area contributed by atoms with Gasteiger partial charge < -0.3 is 5.11 Å². The molecule has 4 unspecified atom stereocenters. The SMILES string of the molecule is CCCC1CCC(C#N)C(N2CCCCCC2CO)C1. The van der Waals surface area contributed by atoms with Crippen LogP contribution in [0.4, 0.5) is 0 Å². The van der Waals surface area contributed by atoms with Gasteiger partial charge in [0.15, 0.2) is 0 Å². The molecular weight excluding hydrogens is 248 g/mol. The van der Waals surface area contributed by atoms with Gasteiger partial charge in [0, 0.05) is 12.1 Å². The number of hydrogen-bond acceptors (Lipinski definition) is 3. The Morgan fingerprint density at radius 1 is 1.20 bits per heavy atom. The third-order valence-electron chi connectivity index (χ3n) is 5.35. The molecule has 20 heavy (non-hydrogen) atoms. The van der Waals surface area contributed by atoms with E-state index in [-0.39, 0.29) is 12.5 Å². The van der Waals surface area contributed by atoms with Gasteiger partial charge in [-0.05, 0) is 44.6 Å². The van der Waals surface area contributed by atoms with Crippen molar-refractivity contribution in [3.63, 3.8) is 0 Å². The van der Waals surface area contributed by atoms with Gasteiger partial charge in [0.2, 0.25) is 0 Å². The lowest BCUT2D eigenvalue weighted by atomic mass is 9.76. The third kappa shape index (κ3) is 3.74. The molecule has 1 aliphatic carbocycles. The second-order valence-electron chi connectivity index (χ2n) is 6.69. The fourth-order valence-electron chi connectivity index (χ4n) is 4.25. The third-order valence-corrected chi connectivity index (χ3v) is 5.35. The van der Waals surface area contributed by atoms with E-state index in [1.165, 1.54) is 44.9 Å². The molecule has 2 aliphatic rings. The van der Waals surface area contributed by atoms with Crippen LogP contribution in [0, 0.1) is 23.2 Å². The Bertz CT molecular complexity index is 325. The molecule has 114 valence electrons. The van der Waals surface area contributed by atoms with Crippen LogP contribution < -0.4 is 0 Å². The Hall–Kier alpha value is -0.590. The van der Waals surface area contributed by atoms with Crippen LogP contribution in [0.3, 0.4) is 0 Å². The van der Waals surface area contributed by atoms with Crippen molar-refractivity contribution >= 4 is 0 Å². The van der Waals surface area contributed by atoms with Crippen molar-refractivity contribution in [2.45, 2.75) is 76.8 Å². The maximum Gasteiger partial charge on any atom is 0.0672 e. The molecular formula is C17H30N2O. The fraction of sp³-hybridized carbons (Fsp3) is 0.941. The first-order valence-corrected chi connectivity index (χ1v) is 8.56. The molecule has 1 N–H and O–H groups in total. The van der Waals surface area contributed by atoms with E-state index in [0.29, 0.717) is 12.1 Å². The highest BCUT2D eigenvalue weighted by Crippen LogP contribution is 2.36. The van der Waals surface area contributed by atoms with Gasteiger partial charge in [-0.15, -0.1) is 0 Å². The molecule has 1 saturated heterocycles. The first kappa shape index (κ1) is 15.8. The summed E-state index contributed by atoms with van der Waals surface area (Å²) in [6.45, 7) is 3.59.